The number of rotatable bonds is 1. The van der Waals surface area contributed by atoms with Crippen LogP contribution in [0, 0.1) is 5.41 Å². The van der Waals surface area contributed by atoms with Gasteiger partial charge in [-0.05, 0) is 57.2 Å². The van der Waals surface area contributed by atoms with E-state index in [1.807, 2.05) is 0 Å². The van der Waals surface area contributed by atoms with Crippen LogP contribution < -0.4 is 0 Å². The summed E-state index contributed by atoms with van der Waals surface area (Å²) in [4.78, 5) is 0. The number of benzene rings is 2. The monoisotopic (exact) mass is 286 g/mol. The third kappa shape index (κ3) is 2.06. The van der Waals surface area contributed by atoms with Crippen LogP contribution in [-0.4, -0.2) is 0 Å². The Bertz CT molecular complexity index is 810. The maximum atomic E-state index is 2.42. The van der Waals surface area contributed by atoms with Gasteiger partial charge in [-0.25, -0.2) is 0 Å². The second-order valence-corrected chi connectivity index (χ2v) is 7.45. The summed E-state index contributed by atoms with van der Waals surface area (Å²) in [5.41, 5.74) is 10.4. The Balaban J connectivity index is 1.80. The molecule has 4 rings (SSSR count). The van der Waals surface area contributed by atoms with Gasteiger partial charge < -0.3 is 0 Å². The summed E-state index contributed by atoms with van der Waals surface area (Å²) in [6.07, 6.45) is 6.76. The maximum absolute atomic E-state index is 2.42. The molecule has 0 bridgehead atoms. The van der Waals surface area contributed by atoms with Gasteiger partial charge in [-0.2, -0.15) is 0 Å². The first kappa shape index (κ1) is 13.6. The predicted molar refractivity (Wildman–Crippen MR) is 94.8 cm³/mol. The predicted octanol–water partition coefficient (Wildman–Crippen LogP) is 6.02. The topological polar surface area (TPSA) is 0 Å². The molecular formula is C22H22. The molecule has 0 fully saturated rings. The summed E-state index contributed by atoms with van der Waals surface area (Å²) in [5, 5.41) is 0. The highest BCUT2D eigenvalue weighted by Gasteiger charge is 2.24. The SMILES string of the molecule is CC(C)(C)C1=C(c2ccc3c(c2)Cc2ccccc2-3)CC=C1. The van der Waals surface area contributed by atoms with Crippen molar-refractivity contribution in [1.82, 2.24) is 0 Å². The number of hydrogen-bond acceptors (Lipinski definition) is 0. The molecule has 0 radical (unpaired) electrons. The average molecular weight is 286 g/mol. The zero-order chi connectivity index (χ0) is 15.3. The van der Waals surface area contributed by atoms with Gasteiger partial charge in [0.25, 0.3) is 0 Å². The van der Waals surface area contributed by atoms with Crippen molar-refractivity contribution in [2.24, 2.45) is 5.41 Å². The van der Waals surface area contributed by atoms with Crippen molar-refractivity contribution in [2.45, 2.75) is 33.6 Å². The Morgan fingerprint density at radius 1 is 0.864 bits per heavy atom. The lowest BCUT2D eigenvalue weighted by atomic mass is 9.82. The summed E-state index contributed by atoms with van der Waals surface area (Å²) in [6, 6.07) is 15.8. The lowest BCUT2D eigenvalue weighted by Gasteiger charge is -2.22. The summed E-state index contributed by atoms with van der Waals surface area (Å²) >= 11 is 0. The zero-order valence-electron chi connectivity index (χ0n) is 13.6. The smallest absolute Gasteiger partial charge is 0.00132 e. The van der Waals surface area contributed by atoms with Gasteiger partial charge in [0.2, 0.25) is 0 Å². The molecule has 0 heterocycles. The quantitative estimate of drug-likeness (QED) is 0.513. The van der Waals surface area contributed by atoms with E-state index in [4.69, 9.17) is 0 Å². The molecule has 0 saturated carbocycles. The molecule has 22 heavy (non-hydrogen) atoms. The molecule has 0 saturated heterocycles. The van der Waals surface area contributed by atoms with Crippen LogP contribution in [0.4, 0.5) is 0 Å². The average Bonchev–Trinajstić information content (AvgIpc) is 3.10. The van der Waals surface area contributed by atoms with Crippen molar-refractivity contribution in [1.29, 1.82) is 0 Å². The van der Waals surface area contributed by atoms with Gasteiger partial charge in [-0.1, -0.05) is 75.4 Å². The molecule has 0 nitrogen and oxygen atoms in total. The van der Waals surface area contributed by atoms with Gasteiger partial charge in [0.15, 0.2) is 0 Å². The van der Waals surface area contributed by atoms with E-state index in [0.717, 1.165) is 12.8 Å². The van der Waals surface area contributed by atoms with Crippen LogP contribution in [0.5, 0.6) is 0 Å². The molecule has 0 aliphatic heterocycles. The Labute approximate surface area is 133 Å². The molecule has 0 amide bonds. The van der Waals surface area contributed by atoms with Crippen molar-refractivity contribution >= 4 is 5.57 Å². The lowest BCUT2D eigenvalue weighted by Crippen LogP contribution is -2.08. The summed E-state index contributed by atoms with van der Waals surface area (Å²) in [7, 11) is 0. The second kappa shape index (κ2) is 4.71. The Morgan fingerprint density at radius 2 is 1.64 bits per heavy atom. The van der Waals surface area contributed by atoms with E-state index in [1.165, 1.54) is 39.0 Å². The fraction of sp³-hybridized carbons (Fsp3) is 0.273. The van der Waals surface area contributed by atoms with Crippen molar-refractivity contribution in [3.8, 4) is 11.1 Å². The number of fused-ring (bicyclic) bond motifs is 3. The van der Waals surface area contributed by atoms with E-state index in [9.17, 15) is 0 Å². The van der Waals surface area contributed by atoms with Gasteiger partial charge in [-0.3, -0.25) is 0 Å². The molecule has 2 aromatic rings. The minimum Gasteiger partial charge on any atom is -0.0798 e. The molecule has 0 heteroatoms. The van der Waals surface area contributed by atoms with Gasteiger partial charge in [0.05, 0.1) is 0 Å². The summed E-state index contributed by atoms with van der Waals surface area (Å²) in [5.74, 6) is 0. The number of hydrogen-bond donors (Lipinski definition) is 0. The van der Waals surface area contributed by atoms with Crippen LogP contribution in [0.15, 0.2) is 60.2 Å². The highest BCUT2D eigenvalue weighted by Crippen LogP contribution is 2.42. The van der Waals surface area contributed by atoms with E-state index >= 15 is 0 Å². The maximum Gasteiger partial charge on any atom is -0.00132 e. The molecule has 0 unspecified atom stereocenters. The van der Waals surface area contributed by atoms with Gasteiger partial charge in [0.1, 0.15) is 0 Å². The fourth-order valence-corrected chi connectivity index (χ4v) is 3.81. The minimum absolute atomic E-state index is 0.213. The molecule has 0 atom stereocenters. The third-order valence-electron chi connectivity index (χ3n) is 4.88. The highest BCUT2D eigenvalue weighted by molar-refractivity contribution is 5.82. The molecule has 2 aliphatic rings. The molecule has 0 aromatic heterocycles. The Kier molecular flexibility index (Phi) is 2.91. The van der Waals surface area contributed by atoms with Crippen molar-refractivity contribution < 1.29 is 0 Å². The molecule has 2 aromatic carbocycles. The fourth-order valence-electron chi connectivity index (χ4n) is 3.81. The molecule has 0 N–H and O–H groups in total. The number of allylic oxidation sites excluding steroid dienone is 4. The summed E-state index contributed by atoms with van der Waals surface area (Å²) in [6.45, 7) is 6.92. The normalized spacial score (nSPS) is 16.1. The zero-order valence-corrected chi connectivity index (χ0v) is 13.6. The van der Waals surface area contributed by atoms with Crippen LogP contribution in [0.1, 0.15) is 43.9 Å². The second-order valence-electron chi connectivity index (χ2n) is 7.45. The first-order chi connectivity index (χ1) is 10.5. The Morgan fingerprint density at radius 3 is 2.45 bits per heavy atom. The van der Waals surface area contributed by atoms with E-state index in [0.29, 0.717) is 0 Å². The van der Waals surface area contributed by atoms with Crippen LogP contribution in [-0.2, 0) is 6.42 Å². The van der Waals surface area contributed by atoms with Crippen LogP contribution in [0.3, 0.4) is 0 Å². The summed E-state index contributed by atoms with van der Waals surface area (Å²) < 4.78 is 0. The lowest BCUT2D eigenvalue weighted by molar-refractivity contribution is 0.520. The highest BCUT2D eigenvalue weighted by atomic mass is 14.3. The van der Waals surface area contributed by atoms with E-state index in [-0.39, 0.29) is 5.41 Å². The van der Waals surface area contributed by atoms with Crippen molar-refractivity contribution in [3.63, 3.8) is 0 Å². The van der Waals surface area contributed by atoms with E-state index in [2.05, 4.69) is 75.4 Å². The van der Waals surface area contributed by atoms with Crippen molar-refractivity contribution in [2.75, 3.05) is 0 Å². The minimum atomic E-state index is 0.213. The van der Waals surface area contributed by atoms with Crippen LogP contribution in [0.2, 0.25) is 0 Å². The van der Waals surface area contributed by atoms with Gasteiger partial charge in [-0.15, -0.1) is 0 Å². The standard InChI is InChI=1S/C22H22/c1-22(2,3)21-10-6-9-20(21)16-11-12-19-17(14-16)13-15-7-4-5-8-18(15)19/h4-8,10-12,14H,9,13H2,1-3H3. The van der Waals surface area contributed by atoms with Crippen molar-refractivity contribution in [3.05, 3.63) is 76.9 Å². The molecule has 110 valence electrons. The van der Waals surface area contributed by atoms with E-state index in [1.54, 1.807) is 0 Å². The van der Waals surface area contributed by atoms with E-state index < -0.39 is 0 Å². The van der Waals surface area contributed by atoms with Crippen LogP contribution >= 0.6 is 0 Å². The third-order valence-corrected chi connectivity index (χ3v) is 4.88. The largest absolute Gasteiger partial charge is 0.0798 e. The Hall–Kier alpha value is -2.08. The molecular weight excluding hydrogens is 264 g/mol. The molecule has 0 spiro atoms. The first-order valence-electron chi connectivity index (χ1n) is 8.16. The van der Waals surface area contributed by atoms with Gasteiger partial charge >= 0.3 is 0 Å². The first-order valence-corrected chi connectivity index (χ1v) is 8.16. The van der Waals surface area contributed by atoms with Gasteiger partial charge in [0, 0.05) is 0 Å². The molecule has 2 aliphatic carbocycles. The van der Waals surface area contributed by atoms with Crippen LogP contribution in [0.25, 0.3) is 16.7 Å².